The summed E-state index contributed by atoms with van der Waals surface area (Å²) in [5.41, 5.74) is 0. The number of rotatable bonds is 36. The molecule has 51 heavy (non-hydrogen) atoms. The highest BCUT2D eigenvalue weighted by atomic mass is 31.2. The number of phosphoric acid groups is 1. The molecule has 9 heteroatoms. The normalized spacial score (nSPS) is 14.5. The second-order valence-corrected chi connectivity index (χ2v) is 15.7. The van der Waals surface area contributed by atoms with Gasteiger partial charge < -0.3 is 18.9 Å². The summed E-state index contributed by atoms with van der Waals surface area (Å²) in [5.74, 6) is -0.335. The molecule has 0 spiro atoms. The standard InChI is InChI=1S/C42H76NO7P/c1-6-8-10-12-14-16-18-19-20-21-22-23-24-26-28-30-32-34-37-47-39-41(40-49-51(45,46)48-38-36-43(3,4)5)50-42(44)35-33-31-29-27-25-17-15-13-11-9-7-2/h8,10,13-16,19-20,22-23,41H,6-7,9,11-12,17-18,21,24-40H2,1-5H3/p+1/b10-8-,15-13-,16-14-,20-19-,23-22-. The fraction of sp³-hybridized carbons (Fsp3) is 0.738. The first-order chi connectivity index (χ1) is 24.6. The minimum absolute atomic E-state index is 0.0802. The van der Waals surface area contributed by atoms with Gasteiger partial charge >= 0.3 is 13.8 Å². The van der Waals surface area contributed by atoms with Gasteiger partial charge in [0, 0.05) is 13.0 Å². The molecule has 0 bridgehead atoms. The molecule has 0 aromatic rings. The Morgan fingerprint density at radius 2 is 1.14 bits per heavy atom. The smallest absolute Gasteiger partial charge is 0.457 e. The van der Waals surface area contributed by atoms with Crippen molar-refractivity contribution in [2.75, 3.05) is 54.1 Å². The first-order valence-corrected chi connectivity index (χ1v) is 21.5. The van der Waals surface area contributed by atoms with Gasteiger partial charge in [0.05, 0.1) is 34.4 Å². The van der Waals surface area contributed by atoms with E-state index in [9.17, 15) is 14.3 Å². The van der Waals surface area contributed by atoms with Crippen LogP contribution in [0.15, 0.2) is 60.8 Å². The van der Waals surface area contributed by atoms with E-state index in [1.54, 1.807) is 0 Å². The minimum atomic E-state index is -4.28. The fourth-order valence-electron chi connectivity index (χ4n) is 4.93. The van der Waals surface area contributed by atoms with E-state index in [4.69, 9.17) is 18.5 Å². The van der Waals surface area contributed by atoms with Crippen LogP contribution in [-0.2, 0) is 27.9 Å². The van der Waals surface area contributed by atoms with E-state index in [1.165, 1.54) is 38.5 Å². The fourth-order valence-corrected chi connectivity index (χ4v) is 5.68. The molecule has 0 aliphatic carbocycles. The van der Waals surface area contributed by atoms with E-state index in [-0.39, 0.29) is 25.8 Å². The Balaban J connectivity index is 4.31. The second-order valence-electron chi connectivity index (χ2n) is 14.3. The molecule has 0 aliphatic heterocycles. The molecule has 0 aromatic heterocycles. The van der Waals surface area contributed by atoms with Gasteiger partial charge in [-0.2, -0.15) is 0 Å². The summed E-state index contributed by atoms with van der Waals surface area (Å²) in [4.78, 5) is 22.8. The number of hydrogen-bond acceptors (Lipinski definition) is 6. The molecule has 0 rings (SSSR count). The average Bonchev–Trinajstić information content (AvgIpc) is 3.08. The largest absolute Gasteiger partial charge is 0.472 e. The maximum Gasteiger partial charge on any atom is 0.472 e. The van der Waals surface area contributed by atoms with Gasteiger partial charge in [-0.05, 0) is 70.6 Å². The molecule has 0 heterocycles. The first-order valence-electron chi connectivity index (χ1n) is 20.0. The third-order valence-electron chi connectivity index (χ3n) is 8.06. The summed E-state index contributed by atoms with van der Waals surface area (Å²) in [6.07, 6.45) is 42.5. The number of ether oxygens (including phenoxy) is 2. The lowest BCUT2D eigenvalue weighted by Crippen LogP contribution is -2.37. The Kier molecular flexibility index (Phi) is 34.0. The number of hydrogen-bond donors (Lipinski definition) is 1. The van der Waals surface area contributed by atoms with Gasteiger partial charge in [0.25, 0.3) is 0 Å². The number of phosphoric ester groups is 1. The molecular formula is C42H77NO7P+. The highest BCUT2D eigenvalue weighted by molar-refractivity contribution is 7.47. The molecule has 0 amide bonds. The number of quaternary nitrogens is 1. The van der Waals surface area contributed by atoms with Crippen molar-refractivity contribution >= 4 is 13.8 Å². The Hall–Kier alpha value is -1.80. The van der Waals surface area contributed by atoms with Crippen LogP contribution in [0, 0.1) is 0 Å². The number of nitrogens with zero attached hydrogens (tertiary/aromatic N) is 1. The van der Waals surface area contributed by atoms with E-state index >= 15 is 0 Å². The van der Waals surface area contributed by atoms with Gasteiger partial charge in [0.1, 0.15) is 19.3 Å². The van der Waals surface area contributed by atoms with Crippen LogP contribution in [0.3, 0.4) is 0 Å². The third kappa shape index (κ3) is 39.2. The lowest BCUT2D eigenvalue weighted by Gasteiger charge is -2.24. The van der Waals surface area contributed by atoms with Crippen LogP contribution in [0.2, 0.25) is 0 Å². The van der Waals surface area contributed by atoms with Crippen molar-refractivity contribution in [3.05, 3.63) is 60.8 Å². The van der Waals surface area contributed by atoms with Crippen LogP contribution in [-0.4, -0.2) is 75.6 Å². The van der Waals surface area contributed by atoms with Crippen LogP contribution < -0.4 is 0 Å². The molecule has 2 atom stereocenters. The maximum absolute atomic E-state index is 12.6. The first kappa shape index (κ1) is 49.2. The Morgan fingerprint density at radius 3 is 1.73 bits per heavy atom. The Bertz CT molecular complexity index is 1000. The van der Waals surface area contributed by atoms with Crippen LogP contribution in [0.5, 0.6) is 0 Å². The zero-order valence-corrected chi connectivity index (χ0v) is 34.2. The zero-order valence-electron chi connectivity index (χ0n) is 33.3. The minimum Gasteiger partial charge on any atom is -0.457 e. The molecule has 0 aliphatic rings. The zero-order chi connectivity index (χ0) is 37.7. The van der Waals surface area contributed by atoms with E-state index in [0.717, 1.165) is 83.5 Å². The Morgan fingerprint density at radius 1 is 0.627 bits per heavy atom. The van der Waals surface area contributed by atoms with Gasteiger partial charge in [-0.1, -0.05) is 126 Å². The molecular weight excluding hydrogens is 661 g/mol. The number of likely N-dealkylation sites (N-methyl/N-ethyl adjacent to an activating group) is 1. The van der Waals surface area contributed by atoms with Crippen molar-refractivity contribution in [1.82, 2.24) is 0 Å². The second kappa shape index (κ2) is 35.2. The number of allylic oxidation sites excluding steroid dienone is 10. The highest BCUT2D eigenvalue weighted by Crippen LogP contribution is 2.43. The summed E-state index contributed by atoms with van der Waals surface area (Å²) in [6.45, 7) is 5.39. The summed E-state index contributed by atoms with van der Waals surface area (Å²) < 4.78 is 34.8. The van der Waals surface area contributed by atoms with E-state index in [0.29, 0.717) is 24.1 Å². The molecule has 0 fully saturated rings. The molecule has 0 radical (unpaired) electrons. The van der Waals surface area contributed by atoms with E-state index in [1.807, 2.05) is 21.1 Å². The van der Waals surface area contributed by atoms with E-state index < -0.39 is 13.9 Å². The van der Waals surface area contributed by atoms with Crippen LogP contribution in [0.1, 0.15) is 142 Å². The number of carbonyl (C=O) groups excluding carboxylic acids is 1. The van der Waals surface area contributed by atoms with Crippen molar-refractivity contribution in [3.8, 4) is 0 Å². The summed E-state index contributed by atoms with van der Waals surface area (Å²) >= 11 is 0. The number of carbonyl (C=O) groups is 1. The van der Waals surface area contributed by atoms with Gasteiger partial charge in [-0.3, -0.25) is 13.8 Å². The predicted molar refractivity (Wildman–Crippen MR) is 215 cm³/mol. The van der Waals surface area contributed by atoms with Gasteiger partial charge in [0.2, 0.25) is 0 Å². The van der Waals surface area contributed by atoms with Crippen molar-refractivity contribution in [2.24, 2.45) is 0 Å². The average molecular weight is 739 g/mol. The molecule has 2 unspecified atom stereocenters. The summed E-state index contributed by atoms with van der Waals surface area (Å²) in [7, 11) is 1.64. The van der Waals surface area contributed by atoms with Gasteiger partial charge in [0.15, 0.2) is 0 Å². The molecule has 8 nitrogen and oxygen atoms in total. The van der Waals surface area contributed by atoms with Crippen LogP contribution >= 0.6 is 7.82 Å². The molecule has 1 N–H and O–H groups in total. The lowest BCUT2D eigenvalue weighted by atomic mass is 10.1. The van der Waals surface area contributed by atoms with Crippen molar-refractivity contribution in [2.45, 2.75) is 148 Å². The monoisotopic (exact) mass is 739 g/mol. The van der Waals surface area contributed by atoms with E-state index in [2.05, 4.69) is 74.6 Å². The highest BCUT2D eigenvalue weighted by Gasteiger charge is 2.26. The van der Waals surface area contributed by atoms with Crippen molar-refractivity contribution in [1.29, 1.82) is 0 Å². The van der Waals surface area contributed by atoms with Crippen molar-refractivity contribution in [3.63, 3.8) is 0 Å². The van der Waals surface area contributed by atoms with Gasteiger partial charge in [-0.25, -0.2) is 4.57 Å². The number of unbranched alkanes of at least 4 members (excludes halogenated alkanes) is 12. The molecule has 0 saturated carbocycles. The summed E-state index contributed by atoms with van der Waals surface area (Å²) in [5, 5.41) is 0. The predicted octanol–water partition coefficient (Wildman–Crippen LogP) is 11.4. The maximum atomic E-state index is 12.6. The topological polar surface area (TPSA) is 91.3 Å². The van der Waals surface area contributed by atoms with Crippen molar-refractivity contribution < 1.29 is 37.3 Å². The SMILES string of the molecule is CC/C=C\C/C=C\C/C=C\C/C=C\CCCCCCCOCC(COP(=O)(O)OCC[N+](C)(C)C)OC(=O)CCCCCCC/C=C\CCCC. The Labute approximate surface area is 313 Å². The van der Waals surface area contributed by atoms with Crippen LogP contribution in [0.4, 0.5) is 0 Å². The lowest BCUT2D eigenvalue weighted by molar-refractivity contribution is -0.870. The quantitative estimate of drug-likeness (QED) is 0.0225. The third-order valence-corrected chi connectivity index (χ3v) is 9.05. The molecule has 0 saturated heterocycles. The number of esters is 1. The molecule has 0 aromatic carbocycles. The summed E-state index contributed by atoms with van der Waals surface area (Å²) in [6, 6.07) is 0. The van der Waals surface area contributed by atoms with Crippen LogP contribution in [0.25, 0.3) is 0 Å². The molecule has 296 valence electrons. The van der Waals surface area contributed by atoms with Gasteiger partial charge in [-0.15, -0.1) is 0 Å².